The van der Waals surface area contributed by atoms with Gasteiger partial charge in [-0.25, -0.2) is 15.0 Å². The fraction of sp³-hybridized carbons (Fsp3) is 0.500. The number of anilines is 1. The minimum absolute atomic E-state index is 0.0823. The Kier molecular flexibility index (Phi) is 4.07. The lowest BCUT2D eigenvalue weighted by molar-refractivity contribution is 0.0726. The fourth-order valence-corrected chi connectivity index (χ4v) is 3.46. The van der Waals surface area contributed by atoms with Gasteiger partial charge in [0.05, 0.1) is 17.6 Å². The summed E-state index contributed by atoms with van der Waals surface area (Å²) in [5.41, 5.74) is 4.32. The summed E-state index contributed by atoms with van der Waals surface area (Å²) in [6.07, 6.45) is 6.35. The monoisotopic (exact) mass is 338 g/mol. The lowest BCUT2D eigenvalue weighted by Gasteiger charge is -2.29. The van der Waals surface area contributed by atoms with Crippen LogP contribution in [0.5, 0.6) is 0 Å². The quantitative estimate of drug-likeness (QED) is 0.829. The van der Waals surface area contributed by atoms with E-state index in [9.17, 15) is 4.79 Å². The first-order chi connectivity index (χ1) is 12.1. The number of hydrogen-bond donors (Lipinski definition) is 0. The van der Waals surface area contributed by atoms with Crippen LogP contribution in [-0.4, -0.2) is 50.4 Å². The van der Waals surface area contributed by atoms with E-state index in [-0.39, 0.29) is 5.91 Å². The van der Waals surface area contributed by atoms with Crippen molar-refractivity contribution in [3.63, 3.8) is 0 Å². The minimum atomic E-state index is -0.0823. The van der Waals surface area contributed by atoms with Crippen LogP contribution in [0.25, 0.3) is 0 Å². The molecule has 1 amide bonds. The predicted octanol–water partition coefficient (Wildman–Crippen LogP) is 1.68. The first kappa shape index (κ1) is 15.9. The largest absolute Gasteiger partial charge is 0.341 e. The number of fused-ring (bicyclic) bond motifs is 1. The van der Waals surface area contributed by atoms with Gasteiger partial charge in [-0.3, -0.25) is 9.78 Å². The molecule has 130 valence electrons. The molecule has 0 radical (unpaired) electrons. The van der Waals surface area contributed by atoms with Crippen LogP contribution >= 0.6 is 0 Å². The van der Waals surface area contributed by atoms with Gasteiger partial charge in [0.15, 0.2) is 0 Å². The molecule has 0 N–H and O–H groups in total. The maximum absolute atomic E-state index is 12.7. The molecule has 4 heterocycles. The van der Waals surface area contributed by atoms with Gasteiger partial charge >= 0.3 is 0 Å². The van der Waals surface area contributed by atoms with E-state index in [4.69, 9.17) is 9.97 Å². The molecule has 0 aliphatic carbocycles. The number of carbonyl (C=O) groups excluding carboxylic acids is 1. The second-order valence-corrected chi connectivity index (χ2v) is 6.75. The number of carbonyl (C=O) groups is 1. The van der Waals surface area contributed by atoms with E-state index in [1.165, 1.54) is 12.8 Å². The molecule has 7 heteroatoms. The molecule has 0 unspecified atom stereocenters. The summed E-state index contributed by atoms with van der Waals surface area (Å²) in [5, 5.41) is 0. The van der Waals surface area contributed by atoms with Crippen molar-refractivity contribution in [2.45, 2.75) is 39.7 Å². The van der Waals surface area contributed by atoms with Crippen LogP contribution in [0.4, 0.5) is 5.95 Å². The van der Waals surface area contributed by atoms with Crippen LogP contribution in [0.3, 0.4) is 0 Å². The third-order valence-electron chi connectivity index (χ3n) is 4.93. The maximum Gasteiger partial charge on any atom is 0.274 e. The molecule has 0 spiro atoms. The van der Waals surface area contributed by atoms with Crippen LogP contribution < -0.4 is 4.90 Å². The number of aryl methyl sites for hydroxylation is 2. The molecule has 1 saturated heterocycles. The zero-order chi connectivity index (χ0) is 17.4. The van der Waals surface area contributed by atoms with Crippen molar-refractivity contribution in [2.24, 2.45) is 0 Å². The second kappa shape index (κ2) is 6.38. The summed E-state index contributed by atoms with van der Waals surface area (Å²) in [6, 6.07) is 0. The molecular weight excluding hydrogens is 316 g/mol. The van der Waals surface area contributed by atoms with Crippen molar-refractivity contribution in [2.75, 3.05) is 24.5 Å². The molecule has 2 aromatic rings. The van der Waals surface area contributed by atoms with Crippen LogP contribution in [0.15, 0.2) is 12.4 Å². The van der Waals surface area contributed by atoms with Gasteiger partial charge in [-0.2, -0.15) is 0 Å². The van der Waals surface area contributed by atoms with E-state index in [2.05, 4.69) is 14.9 Å². The topological polar surface area (TPSA) is 75.1 Å². The highest BCUT2D eigenvalue weighted by Gasteiger charge is 2.27. The Labute approximate surface area is 147 Å². The third kappa shape index (κ3) is 3.06. The average molecular weight is 338 g/mol. The van der Waals surface area contributed by atoms with Crippen LogP contribution in [0.2, 0.25) is 0 Å². The number of nitrogens with zero attached hydrogens (tertiary/aromatic N) is 6. The molecule has 1 fully saturated rings. The Morgan fingerprint density at radius 1 is 1.04 bits per heavy atom. The van der Waals surface area contributed by atoms with E-state index < -0.39 is 0 Å². The molecule has 0 aromatic carbocycles. The number of rotatable bonds is 2. The first-order valence-corrected chi connectivity index (χ1v) is 8.81. The number of hydrogen-bond acceptors (Lipinski definition) is 6. The molecule has 4 rings (SSSR count). The Morgan fingerprint density at radius 3 is 2.56 bits per heavy atom. The van der Waals surface area contributed by atoms with Gasteiger partial charge in [-0.1, -0.05) is 0 Å². The molecule has 2 aliphatic rings. The van der Waals surface area contributed by atoms with Crippen molar-refractivity contribution in [3.05, 3.63) is 40.7 Å². The van der Waals surface area contributed by atoms with E-state index >= 15 is 0 Å². The molecule has 2 aliphatic heterocycles. The Morgan fingerprint density at radius 2 is 1.84 bits per heavy atom. The predicted molar refractivity (Wildman–Crippen MR) is 93.4 cm³/mol. The van der Waals surface area contributed by atoms with Crippen molar-refractivity contribution >= 4 is 11.9 Å². The average Bonchev–Trinajstić information content (AvgIpc) is 3.16. The molecule has 7 nitrogen and oxygen atoms in total. The fourth-order valence-electron chi connectivity index (χ4n) is 3.46. The zero-order valence-corrected chi connectivity index (χ0v) is 14.7. The summed E-state index contributed by atoms with van der Waals surface area (Å²) in [7, 11) is 0. The Bertz CT molecular complexity index is 798. The van der Waals surface area contributed by atoms with E-state index in [0.717, 1.165) is 48.1 Å². The first-order valence-electron chi connectivity index (χ1n) is 8.81. The Hall–Kier alpha value is -2.57. The lowest BCUT2D eigenvalue weighted by Crippen LogP contribution is -2.38. The van der Waals surface area contributed by atoms with Crippen molar-refractivity contribution in [1.29, 1.82) is 0 Å². The maximum atomic E-state index is 12.7. The van der Waals surface area contributed by atoms with Gasteiger partial charge in [0.2, 0.25) is 5.95 Å². The molecule has 0 atom stereocenters. The summed E-state index contributed by atoms with van der Waals surface area (Å²) in [4.78, 5) is 34.6. The van der Waals surface area contributed by atoms with E-state index in [0.29, 0.717) is 18.8 Å². The SMILES string of the molecule is Cc1cnc(C(=O)N2CCc3nc(N4CCCC4)nc(C)c3C2)cn1. The van der Waals surface area contributed by atoms with Gasteiger partial charge in [0.25, 0.3) is 5.91 Å². The van der Waals surface area contributed by atoms with Crippen LogP contribution in [-0.2, 0) is 13.0 Å². The smallest absolute Gasteiger partial charge is 0.274 e. The second-order valence-electron chi connectivity index (χ2n) is 6.75. The van der Waals surface area contributed by atoms with Crippen LogP contribution in [0, 0.1) is 13.8 Å². The molecule has 25 heavy (non-hydrogen) atoms. The summed E-state index contributed by atoms with van der Waals surface area (Å²) in [5.74, 6) is 0.763. The van der Waals surface area contributed by atoms with Crippen molar-refractivity contribution in [1.82, 2.24) is 24.8 Å². The van der Waals surface area contributed by atoms with E-state index in [1.54, 1.807) is 12.4 Å². The number of aromatic nitrogens is 4. The highest BCUT2D eigenvalue weighted by Crippen LogP contribution is 2.25. The minimum Gasteiger partial charge on any atom is -0.341 e. The normalized spacial score (nSPS) is 16.9. The van der Waals surface area contributed by atoms with Gasteiger partial charge in [-0.15, -0.1) is 0 Å². The summed E-state index contributed by atoms with van der Waals surface area (Å²) in [6.45, 7) is 7.13. The third-order valence-corrected chi connectivity index (χ3v) is 4.93. The molecule has 0 bridgehead atoms. The van der Waals surface area contributed by atoms with Gasteiger partial charge in [0, 0.05) is 50.1 Å². The Balaban J connectivity index is 1.56. The standard InChI is InChI=1S/C18H22N6O/c1-12-9-20-16(10-19-12)17(25)24-8-5-15-14(11-24)13(2)21-18(22-15)23-6-3-4-7-23/h9-10H,3-8,11H2,1-2H3. The van der Waals surface area contributed by atoms with Crippen molar-refractivity contribution in [3.8, 4) is 0 Å². The van der Waals surface area contributed by atoms with E-state index in [1.807, 2.05) is 18.7 Å². The number of amides is 1. The molecule has 2 aromatic heterocycles. The van der Waals surface area contributed by atoms with Gasteiger partial charge in [-0.05, 0) is 26.7 Å². The summed E-state index contributed by atoms with van der Waals surface area (Å²) < 4.78 is 0. The van der Waals surface area contributed by atoms with Crippen molar-refractivity contribution < 1.29 is 4.79 Å². The lowest BCUT2D eigenvalue weighted by atomic mass is 10.0. The highest BCUT2D eigenvalue weighted by atomic mass is 16.2. The van der Waals surface area contributed by atoms with Gasteiger partial charge < -0.3 is 9.80 Å². The van der Waals surface area contributed by atoms with Crippen LogP contribution in [0.1, 0.15) is 46.0 Å². The highest BCUT2D eigenvalue weighted by molar-refractivity contribution is 5.92. The molecular formula is C18H22N6O. The zero-order valence-electron chi connectivity index (χ0n) is 14.7. The van der Waals surface area contributed by atoms with Gasteiger partial charge in [0.1, 0.15) is 5.69 Å². The molecule has 0 saturated carbocycles. The summed E-state index contributed by atoms with van der Waals surface area (Å²) >= 11 is 0.